The third kappa shape index (κ3) is 3.69. The lowest BCUT2D eigenvalue weighted by molar-refractivity contribution is -0.137. The minimum atomic E-state index is -4.42. The van der Waals surface area contributed by atoms with Gasteiger partial charge in [-0.25, -0.2) is 0 Å². The summed E-state index contributed by atoms with van der Waals surface area (Å²) in [7, 11) is 0. The number of benzene rings is 2. The second-order valence-corrected chi connectivity index (χ2v) is 5.60. The molecule has 0 aliphatic rings. The van der Waals surface area contributed by atoms with Crippen molar-refractivity contribution in [2.75, 3.05) is 11.1 Å². The molecule has 21 heavy (non-hydrogen) atoms. The first kappa shape index (κ1) is 15.7. The summed E-state index contributed by atoms with van der Waals surface area (Å²) in [6.45, 7) is 1.77. The van der Waals surface area contributed by atoms with Crippen LogP contribution in [0.3, 0.4) is 0 Å². The van der Waals surface area contributed by atoms with Gasteiger partial charge in [0.15, 0.2) is 0 Å². The van der Waals surface area contributed by atoms with Gasteiger partial charge in [0, 0.05) is 15.8 Å². The normalized spacial score (nSPS) is 13.0. The van der Waals surface area contributed by atoms with Crippen LogP contribution < -0.4 is 11.1 Å². The molecule has 3 N–H and O–H groups in total. The molecule has 0 saturated heterocycles. The van der Waals surface area contributed by atoms with Crippen molar-refractivity contribution in [1.82, 2.24) is 0 Å². The number of hydrogen-bond donors (Lipinski definition) is 2. The van der Waals surface area contributed by atoms with Crippen molar-refractivity contribution >= 4 is 27.3 Å². The van der Waals surface area contributed by atoms with E-state index in [1.165, 1.54) is 6.07 Å². The first-order valence-electron chi connectivity index (χ1n) is 6.26. The summed E-state index contributed by atoms with van der Waals surface area (Å²) in [6, 6.07) is 10.8. The van der Waals surface area contributed by atoms with Crippen molar-refractivity contribution < 1.29 is 13.2 Å². The lowest BCUT2D eigenvalue weighted by atomic mass is 10.0. The molecule has 0 spiro atoms. The highest BCUT2D eigenvalue weighted by molar-refractivity contribution is 9.10. The molecule has 0 heterocycles. The van der Waals surface area contributed by atoms with E-state index in [1.807, 2.05) is 0 Å². The lowest BCUT2D eigenvalue weighted by Gasteiger charge is -2.21. The van der Waals surface area contributed by atoms with Crippen molar-refractivity contribution in [1.29, 1.82) is 0 Å². The van der Waals surface area contributed by atoms with Crippen molar-refractivity contribution in [2.45, 2.75) is 19.1 Å². The van der Waals surface area contributed by atoms with Crippen molar-refractivity contribution in [3.63, 3.8) is 0 Å². The summed E-state index contributed by atoms with van der Waals surface area (Å²) >= 11 is 3.06. The molecule has 6 heteroatoms. The van der Waals surface area contributed by atoms with Gasteiger partial charge in [-0.3, -0.25) is 0 Å². The quantitative estimate of drug-likeness (QED) is 0.737. The smallest absolute Gasteiger partial charge is 0.398 e. The topological polar surface area (TPSA) is 38.0 Å². The standard InChI is InChI=1S/C15H14BrF3N2/c1-9(11-4-2-3-5-13(11)20)21-14-7-6-10(16)8-12(14)15(17,18)19/h2-9,21H,20H2,1H3. The Balaban J connectivity index is 2.34. The fourth-order valence-corrected chi connectivity index (χ4v) is 2.45. The van der Waals surface area contributed by atoms with Crippen LogP contribution in [0, 0.1) is 0 Å². The van der Waals surface area contributed by atoms with E-state index in [-0.39, 0.29) is 11.7 Å². The predicted octanol–water partition coefficient (Wildman–Crippen LogP) is 5.22. The number of anilines is 2. The highest BCUT2D eigenvalue weighted by Gasteiger charge is 2.34. The molecular formula is C15H14BrF3N2. The van der Waals surface area contributed by atoms with Crippen LogP contribution in [0.25, 0.3) is 0 Å². The van der Waals surface area contributed by atoms with Gasteiger partial charge >= 0.3 is 6.18 Å². The van der Waals surface area contributed by atoms with E-state index in [2.05, 4.69) is 21.2 Å². The van der Waals surface area contributed by atoms with Crippen molar-refractivity contribution in [3.8, 4) is 0 Å². The summed E-state index contributed by atoms with van der Waals surface area (Å²) in [5.41, 5.74) is 6.48. The Morgan fingerprint density at radius 1 is 1.14 bits per heavy atom. The summed E-state index contributed by atoms with van der Waals surface area (Å²) in [5, 5.41) is 2.88. The maximum Gasteiger partial charge on any atom is 0.418 e. The molecule has 0 radical (unpaired) electrons. The van der Waals surface area contributed by atoms with Crippen LogP contribution in [0.2, 0.25) is 0 Å². The van der Waals surface area contributed by atoms with Crippen LogP contribution in [0.5, 0.6) is 0 Å². The fraction of sp³-hybridized carbons (Fsp3) is 0.200. The monoisotopic (exact) mass is 358 g/mol. The molecule has 1 unspecified atom stereocenters. The first-order chi connectivity index (χ1) is 9.79. The molecule has 2 nitrogen and oxygen atoms in total. The molecule has 2 rings (SSSR count). The predicted molar refractivity (Wildman–Crippen MR) is 82.0 cm³/mol. The van der Waals surface area contributed by atoms with E-state index in [0.717, 1.165) is 11.6 Å². The van der Waals surface area contributed by atoms with E-state index >= 15 is 0 Å². The van der Waals surface area contributed by atoms with E-state index in [4.69, 9.17) is 5.73 Å². The molecule has 0 saturated carbocycles. The number of nitrogen functional groups attached to an aromatic ring is 1. The molecule has 2 aromatic carbocycles. The van der Waals surface area contributed by atoms with Crippen LogP contribution in [0.15, 0.2) is 46.9 Å². The zero-order chi connectivity index (χ0) is 15.6. The first-order valence-corrected chi connectivity index (χ1v) is 7.06. The van der Waals surface area contributed by atoms with E-state index in [1.54, 1.807) is 37.3 Å². The minimum Gasteiger partial charge on any atom is -0.398 e. The Labute approximate surface area is 129 Å². The van der Waals surface area contributed by atoms with Crippen LogP contribution in [-0.2, 0) is 6.18 Å². The average molecular weight is 359 g/mol. The molecule has 0 aliphatic carbocycles. The number of nitrogens with two attached hydrogens (primary N) is 1. The van der Waals surface area contributed by atoms with Crippen molar-refractivity contribution in [3.05, 3.63) is 58.1 Å². The number of para-hydroxylation sites is 1. The Morgan fingerprint density at radius 2 is 1.81 bits per heavy atom. The SMILES string of the molecule is CC(Nc1ccc(Br)cc1C(F)(F)F)c1ccccc1N. The summed E-state index contributed by atoms with van der Waals surface area (Å²) in [6.07, 6.45) is -4.42. The number of halogens is 4. The zero-order valence-corrected chi connectivity index (χ0v) is 12.8. The van der Waals surface area contributed by atoms with Gasteiger partial charge in [-0.15, -0.1) is 0 Å². The molecule has 2 aromatic rings. The van der Waals surface area contributed by atoms with E-state index < -0.39 is 11.7 Å². The maximum absolute atomic E-state index is 13.1. The number of alkyl halides is 3. The third-order valence-corrected chi connectivity index (χ3v) is 3.61. The van der Waals surface area contributed by atoms with Crippen molar-refractivity contribution in [2.24, 2.45) is 0 Å². The van der Waals surface area contributed by atoms with Gasteiger partial charge in [0.25, 0.3) is 0 Å². The molecule has 0 fully saturated rings. The molecule has 112 valence electrons. The highest BCUT2D eigenvalue weighted by Crippen LogP contribution is 2.38. The van der Waals surface area contributed by atoms with Gasteiger partial charge in [0.05, 0.1) is 11.6 Å². The second-order valence-electron chi connectivity index (χ2n) is 4.68. The molecule has 0 amide bonds. The van der Waals surface area contributed by atoms with E-state index in [0.29, 0.717) is 10.2 Å². The Bertz CT molecular complexity index is 641. The fourth-order valence-electron chi connectivity index (χ4n) is 2.09. The zero-order valence-electron chi connectivity index (χ0n) is 11.2. The summed E-state index contributed by atoms with van der Waals surface area (Å²) in [5.74, 6) is 0. The Hall–Kier alpha value is -1.69. The van der Waals surface area contributed by atoms with Crippen LogP contribution in [0.4, 0.5) is 24.5 Å². The summed E-state index contributed by atoms with van der Waals surface area (Å²) < 4.78 is 39.6. The molecule has 0 aliphatic heterocycles. The number of hydrogen-bond acceptors (Lipinski definition) is 2. The van der Waals surface area contributed by atoms with Gasteiger partial charge in [-0.2, -0.15) is 13.2 Å². The van der Waals surface area contributed by atoms with Gasteiger partial charge in [-0.1, -0.05) is 34.1 Å². The molecule has 1 atom stereocenters. The average Bonchev–Trinajstić information content (AvgIpc) is 2.40. The van der Waals surface area contributed by atoms with Gasteiger partial charge in [-0.05, 0) is 36.8 Å². The number of rotatable bonds is 3. The lowest BCUT2D eigenvalue weighted by Crippen LogP contribution is -2.14. The maximum atomic E-state index is 13.1. The summed E-state index contributed by atoms with van der Waals surface area (Å²) in [4.78, 5) is 0. The van der Waals surface area contributed by atoms with Gasteiger partial charge < -0.3 is 11.1 Å². The largest absolute Gasteiger partial charge is 0.418 e. The molecular weight excluding hydrogens is 345 g/mol. The molecule has 0 aromatic heterocycles. The second kappa shape index (κ2) is 5.97. The van der Waals surface area contributed by atoms with E-state index in [9.17, 15) is 13.2 Å². The third-order valence-electron chi connectivity index (χ3n) is 3.12. The number of nitrogens with one attached hydrogen (secondary N) is 1. The molecule has 0 bridgehead atoms. The highest BCUT2D eigenvalue weighted by atomic mass is 79.9. The van der Waals surface area contributed by atoms with Crippen LogP contribution >= 0.6 is 15.9 Å². The minimum absolute atomic E-state index is 0.0291. The Morgan fingerprint density at radius 3 is 2.43 bits per heavy atom. The Kier molecular flexibility index (Phi) is 4.46. The van der Waals surface area contributed by atoms with Crippen LogP contribution in [-0.4, -0.2) is 0 Å². The van der Waals surface area contributed by atoms with Gasteiger partial charge in [0.2, 0.25) is 0 Å². The van der Waals surface area contributed by atoms with Gasteiger partial charge in [0.1, 0.15) is 0 Å². The van der Waals surface area contributed by atoms with Crippen LogP contribution in [0.1, 0.15) is 24.1 Å².